The van der Waals surface area contributed by atoms with Gasteiger partial charge in [0.1, 0.15) is 0 Å². The molecule has 0 fully saturated rings. The van der Waals surface area contributed by atoms with Gasteiger partial charge in [-0.3, -0.25) is 0 Å². The molecule has 4 heteroatoms. The maximum absolute atomic E-state index is 5.36. The number of para-hydroxylation sites is 2. The lowest BCUT2D eigenvalue weighted by atomic mass is 9.93. The van der Waals surface area contributed by atoms with E-state index in [9.17, 15) is 0 Å². The summed E-state index contributed by atoms with van der Waals surface area (Å²) in [5.41, 5.74) is 13.3. The average molecular weight is 779 g/mol. The number of hydrogen-bond acceptors (Lipinski definition) is 4. The molecule has 0 bridgehead atoms. The monoisotopic (exact) mass is 778 g/mol. The summed E-state index contributed by atoms with van der Waals surface area (Å²) < 4.78 is 0. The number of anilines is 3. The Labute approximate surface area is 354 Å². The summed E-state index contributed by atoms with van der Waals surface area (Å²) >= 11 is 0. The molecule has 0 saturated carbocycles. The van der Waals surface area contributed by atoms with Crippen molar-refractivity contribution in [2.24, 2.45) is 0 Å². The van der Waals surface area contributed by atoms with Crippen LogP contribution in [-0.4, -0.2) is 15.0 Å². The van der Waals surface area contributed by atoms with E-state index in [1.165, 1.54) is 5.56 Å². The van der Waals surface area contributed by atoms with Crippen LogP contribution in [0.5, 0.6) is 0 Å². The van der Waals surface area contributed by atoms with E-state index in [1.807, 2.05) is 12.1 Å². The molecule has 0 amide bonds. The van der Waals surface area contributed by atoms with E-state index in [0.717, 1.165) is 94.4 Å². The van der Waals surface area contributed by atoms with Crippen molar-refractivity contribution in [2.75, 3.05) is 4.90 Å². The molecule has 9 aromatic carbocycles. The molecule has 61 heavy (non-hydrogen) atoms. The third-order valence-corrected chi connectivity index (χ3v) is 11.4. The van der Waals surface area contributed by atoms with E-state index in [0.29, 0.717) is 5.82 Å². The highest BCUT2D eigenvalue weighted by Crippen LogP contribution is 2.42. The Kier molecular flexibility index (Phi) is 9.14. The van der Waals surface area contributed by atoms with Gasteiger partial charge < -0.3 is 4.90 Å². The van der Waals surface area contributed by atoms with Gasteiger partial charge in [0.05, 0.1) is 22.6 Å². The van der Waals surface area contributed by atoms with Crippen LogP contribution in [0, 0.1) is 0 Å². The summed E-state index contributed by atoms with van der Waals surface area (Å²) in [6.07, 6.45) is 0. The number of aromatic nitrogens is 3. The highest BCUT2D eigenvalue weighted by Gasteiger charge is 2.18. The molecule has 0 unspecified atom stereocenters. The zero-order valence-corrected chi connectivity index (χ0v) is 33.2. The number of nitrogens with zero attached hydrogens (tertiary/aromatic N) is 4. The highest BCUT2D eigenvalue weighted by molar-refractivity contribution is 6.23. The molecule has 11 rings (SSSR count). The van der Waals surface area contributed by atoms with Gasteiger partial charge in [-0.2, -0.15) is 0 Å². The first-order valence-corrected chi connectivity index (χ1v) is 20.6. The van der Waals surface area contributed by atoms with E-state index >= 15 is 0 Å². The standard InChI is InChI=1S/C57H38N4/c1-6-16-39(17-7-1)40-26-28-43(29-27-40)57-59-53(41-18-8-2-9-19-41)38-54(60-57)45-31-35-52-51(37-45)55-49-34-32-48(61(46-22-12-4-13-23-46)47-24-14-5-15-25-47)36-44(49)30-33-50(55)56(58-52)42-20-10-3-11-21-42/h1-38H. The molecule has 11 aromatic rings. The molecular formula is C57H38N4. The molecule has 2 aromatic heterocycles. The van der Waals surface area contributed by atoms with Crippen LogP contribution in [0.3, 0.4) is 0 Å². The number of rotatable bonds is 8. The van der Waals surface area contributed by atoms with Crippen LogP contribution in [0.25, 0.3) is 88.7 Å². The van der Waals surface area contributed by atoms with Gasteiger partial charge in [-0.1, -0.05) is 176 Å². The van der Waals surface area contributed by atoms with Crippen molar-refractivity contribution in [3.8, 4) is 56.3 Å². The average Bonchev–Trinajstić information content (AvgIpc) is 3.35. The van der Waals surface area contributed by atoms with Crippen molar-refractivity contribution in [1.82, 2.24) is 15.0 Å². The number of fused-ring (bicyclic) bond motifs is 5. The molecule has 0 aliphatic heterocycles. The van der Waals surface area contributed by atoms with Gasteiger partial charge in [-0.25, -0.2) is 15.0 Å². The summed E-state index contributed by atoms with van der Waals surface area (Å²) in [6, 6.07) is 80.9. The predicted octanol–water partition coefficient (Wildman–Crippen LogP) is 15.1. The molecular weight excluding hydrogens is 741 g/mol. The molecule has 2 heterocycles. The number of benzene rings is 9. The number of pyridine rings is 1. The Balaban J connectivity index is 1.11. The van der Waals surface area contributed by atoms with Crippen molar-refractivity contribution in [3.63, 3.8) is 0 Å². The summed E-state index contributed by atoms with van der Waals surface area (Å²) in [7, 11) is 0. The molecule has 4 nitrogen and oxygen atoms in total. The fourth-order valence-electron chi connectivity index (χ4n) is 8.46. The van der Waals surface area contributed by atoms with E-state index in [2.05, 4.69) is 223 Å². The number of hydrogen-bond donors (Lipinski definition) is 0. The van der Waals surface area contributed by atoms with Crippen LogP contribution >= 0.6 is 0 Å². The molecule has 0 atom stereocenters. The second kappa shape index (κ2) is 15.5. The summed E-state index contributed by atoms with van der Waals surface area (Å²) in [6.45, 7) is 0. The van der Waals surface area contributed by atoms with Crippen molar-refractivity contribution in [1.29, 1.82) is 0 Å². The van der Waals surface area contributed by atoms with Crippen LogP contribution in [0.2, 0.25) is 0 Å². The van der Waals surface area contributed by atoms with Gasteiger partial charge in [0.2, 0.25) is 0 Å². The van der Waals surface area contributed by atoms with Crippen molar-refractivity contribution < 1.29 is 0 Å². The van der Waals surface area contributed by atoms with Crippen LogP contribution in [-0.2, 0) is 0 Å². The molecule has 0 radical (unpaired) electrons. The van der Waals surface area contributed by atoms with E-state index in [1.54, 1.807) is 0 Å². The topological polar surface area (TPSA) is 41.9 Å². The van der Waals surface area contributed by atoms with Crippen LogP contribution in [0.4, 0.5) is 17.1 Å². The van der Waals surface area contributed by atoms with Gasteiger partial charge in [0.15, 0.2) is 5.82 Å². The molecule has 0 saturated heterocycles. The van der Waals surface area contributed by atoms with Crippen molar-refractivity contribution in [2.45, 2.75) is 0 Å². The SMILES string of the molecule is c1ccc(-c2ccc(-c3nc(-c4ccccc4)cc(-c4ccc5nc(-c6ccccc6)c6ccc7cc(N(c8ccccc8)c8ccccc8)ccc7c6c5c4)n3)cc2)cc1. The van der Waals surface area contributed by atoms with Crippen molar-refractivity contribution in [3.05, 3.63) is 231 Å². The third-order valence-electron chi connectivity index (χ3n) is 11.4. The normalized spacial score (nSPS) is 11.3. The highest BCUT2D eigenvalue weighted by atomic mass is 15.1. The van der Waals surface area contributed by atoms with Gasteiger partial charge in [-0.05, 0) is 76.5 Å². The first-order valence-electron chi connectivity index (χ1n) is 20.6. The Hall–Kier alpha value is -8.21. The molecule has 0 N–H and O–H groups in total. The Bertz CT molecular complexity index is 3280. The fourth-order valence-corrected chi connectivity index (χ4v) is 8.46. The minimum absolute atomic E-state index is 0.679. The van der Waals surface area contributed by atoms with E-state index in [4.69, 9.17) is 15.0 Å². The maximum Gasteiger partial charge on any atom is 0.160 e. The smallest absolute Gasteiger partial charge is 0.160 e. The Morgan fingerprint density at radius 2 is 0.803 bits per heavy atom. The zero-order valence-electron chi connectivity index (χ0n) is 33.2. The minimum Gasteiger partial charge on any atom is -0.310 e. The minimum atomic E-state index is 0.679. The molecule has 286 valence electrons. The first-order chi connectivity index (χ1) is 30.2. The molecule has 0 aliphatic carbocycles. The second-order valence-corrected chi connectivity index (χ2v) is 15.2. The summed E-state index contributed by atoms with van der Waals surface area (Å²) in [5.74, 6) is 0.679. The maximum atomic E-state index is 5.36. The summed E-state index contributed by atoms with van der Waals surface area (Å²) in [4.78, 5) is 18.1. The lowest BCUT2D eigenvalue weighted by molar-refractivity contribution is 1.18. The van der Waals surface area contributed by atoms with Crippen LogP contribution in [0.1, 0.15) is 0 Å². The Morgan fingerprint density at radius 1 is 0.295 bits per heavy atom. The van der Waals surface area contributed by atoms with Crippen LogP contribution in [0.15, 0.2) is 231 Å². The zero-order chi connectivity index (χ0) is 40.5. The van der Waals surface area contributed by atoms with Gasteiger partial charge in [0, 0.05) is 55.5 Å². The lowest BCUT2D eigenvalue weighted by Gasteiger charge is -2.26. The van der Waals surface area contributed by atoms with Crippen LogP contribution < -0.4 is 4.90 Å². The van der Waals surface area contributed by atoms with E-state index in [-0.39, 0.29) is 0 Å². The van der Waals surface area contributed by atoms with E-state index < -0.39 is 0 Å². The molecule has 0 spiro atoms. The third kappa shape index (κ3) is 6.86. The van der Waals surface area contributed by atoms with Crippen molar-refractivity contribution >= 4 is 49.5 Å². The largest absolute Gasteiger partial charge is 0.310 e. The Morgan fingerprint density at radius 3 is 1.44 bits per heavy atom. The second-order valence-electron chi connectivity index (χ2n) is 15.2. The van der Waals surface area contributed by atoms with Gasteiger partial charge in [-0.15, -0.1) is 0 Å². The molecule has 0 aliphatic rings. The first kappa shape index (κ1) is 35.9. The lowest BCUT2D eigenvalue weighted by Crippen LogP contribution is -2.09. The summed E-state index contributed by atoms with van der Waals surface area (Å²) in [5, 5.41) is 5.65. The predicted molar refractivity (Wildman–Crippen MR) is 254 cm³/mol. The van der Waals surface area contributed by atoms with Gasteiger partial charge in [0.25, 0.3) is 0 Å². The van der Waals surface area contributed by atoms with Gasteiger partial charge >= 0.3 is 0 Å². The fraction of sp³-hybridized carbons (Fsp3) is 0. The quantitative estimate of drug-likeness (QED) is 0.144.